The second kappa shape index (κ2) is 12.2. The van der Waals surface area contributed by atoms with Gasteiger partial charge in [0.2, 0.25) is 10.0 Å². The summed E-state index contributed by atoms with van der Waals surface area (Å²) in [5.41, 5.74) is 1.48. The summed E-state index contributed by atoms with van der Waals surface area (Å²) in [5.74, 6) is 0.617. The van der Waals surface area contributed by atoms with E-state index < -0.39 is 21.7 Å². The number of fused-ring (bicyclic) bond motifs is 1. The number of nitrogens with one attached hydrogen (secondary N) is 1. The molecular formula is C30H31ClFN5O4S. The Morgan fingerprint density at radius 1 is 1.17 bits per heavy atom. The van der Waals surface area contributed by atoms with Crippen LogP contribution in [0.5, 0.6) is 5.75 Å². The summed E-state index contributed by atoms with van der Waals surface area (Å²) in [5, 5.41) is 4.33. The molecule has 0 saturated heterocycles. The van der Waals surface area contributed by atoms with Gasteiger partial charge in [-0.1, -0.05) is 30.7 Å². The molecule has 5 rings (SSSR count). The summed E-state index contributed by atoms with van der Waals surface area (Å²) in [6.07, 6.45) is 6.98. The second-order valence-electron chi connectivity index (χ2n) is 9.86. The zero-order chi connectivity index (χ0) is 29.9. The van der Waals surface area contributed by atoms with Crippen LogP contribution in [0.2, 0.25) is 5.02 Å². The number of hydrogen-bond acceptors (Lipinski definition) is 8. The first-order valence-electron chi connectivity index (χ1n) is 13.5. The molecule has 1 aliphatic rings. The van der Waals surface area contributed by atoms with Crippen molar-refractivity contribution >= 4 is 44.0 Å². The molecule has 2 unspecified atom stereocenters. The average Bonchev–Trinajstić information content (AvgIpc) is 3.48. The van der Waals surface area contributed by atoms with Gasteiger partial charge in [-0.3, -0.25) is 4.98 Å². The maximum Gasteiger partial charge on any atom is 0.214 e. The van der Waals surface area contributed by atoms with E-state index in [1.54, 1.807) is 49.7 Å². The first-order valence-corrected chi connectivity index (χ1v) is 15.5. The van der Waals surface area contributed by atoms with Crippen LogP contribution in [0.15, 0.2) is 73.4 Å². The number of halogens is 2. The number of aromatic nitrogens is 3. The maximum atomic E-state index is 13.5. The predicted molar refractivity (Wildman–Crippen MR) is 161 cm³/mol. The lowest BCUT2D eigenvalue weighted by Gasteiger charge is -2.40. The smallest absolute Gasteiger partial charge is 0.214 e. The molecule has 0 radical (unpaired) electrons. The van der Waals surface area contributed by atoms with Crippen molar-refractivity contribution in [2.24, 2.45) is 0 Å². The largest absolute Gasteiger partial charge is 0.487 e. The van der Waals surface area contributed by atoms with Gasteiger partial charge in [0.25, 0.3) is 0 Å². The molecule has 0 spiro atoms. The first kappa shape index (κ1) is 29.7. The van der Waals surface area contributed by atoms with E-state index in [2.05, 4.69) is 20.3 Å². The Labute approximate surface area is 249 Å². The highest BCUT2D eigenvalue weighted by molar-refractivity contribution is 7.89. The third-order valence-corrected chi connectivity index (χ3v) is 9.68. The Morgan fingerprint density at radius 2 is 2.00 bits per heavy atom. The zero-order valence-corrected chi connectivity index (χ0v) is 25.0. The lowest BCUT2D eigenvalue weighted by molar-refractivity contribution is -0.0188. The summed E-state index contributed by atoms with van der Waals surface area (Å²) in [6.45, 7) is 5.75. The number of benzene rings is 2. The standard InChI is InChI=1S/C30H31ClFN5O4S/c1-4-37(42(38,39)5-2)20(3)30(12-7-13-41-30)28-16-24-26(17-33-28)34-19-35-29(24)36-23-10-11-27(25(31)15-23)40-18-21-8-6-9-22(32)14-21/h6-11,13-17,19-20H,4-5,12,18H2,1-3H3,(H,34,35,36). The molecule has 0 fully saturated rings. The van der Waals surface area contributed by atoms with Gasteiger partial charge in [-0.15, -0.1) is 0 Å². The first-order chi connectivity index (χ1) is 20.2. The van der Waals surface area contributed by atoms with Crippen molar-refractivity contribution < 1.29 is 22.3 Å². The molecule has 4 aromatic rings. The monoisotopic (exact) mass is 611 g/mol. The minimum atomic E-state index is -3.49. The van der Waals surface area contributed by atoms with E-state index >= 15 is 0 Å². The normalized spacial score (nSPS) is 17.4. The van der Waals surface area contributed by atoms with Crippen LogP contribution < -0.4 is 10.1 Å². The van der Waals surface area contributed by atoms with Crippen LogP contribution >= 0.6 is 11.6 Å². The van der Waals surface area contributed by atoms with Gasteiger partial charge in [-0.2, -0.15) is 4.31 Å². The van der Waals surface area contributed by atoms with Gasteiger partial charge in [0.05, 0.1) is 40.5 Å². The summed E-state index contributed by atoms with van der Waals surface area (Å²) in [4.78, 5) is 13.5. The SMILES string of the molecule is CCN(C(C)C1(c2cc3c(Nc4ccc(OCc5cccc(F)c5)c(Cl)c4)ncnc3cn2)CC=CO1)S(=O)(=O)CC. The quantitative estimate of drug-likeness (QED) is 0.210. The van der Waals surface area contributed by atoms with E-state index in [-0.39, 0.29) is 18.2 Å². The molecule has 3 heterocycles. The average molecular weight is 612 g/mol. The molecule has 0 saturated carbocycles. The van der Waals surface area contributed by atoms with E-state index in [9.17, 15) is 12.8 Å². The van der Waals surface area contributed by atoms with Gasteiger partial charge in [0, 0.05) is 24.0 Å². The van der Waals surface area contributed by atoms with Gasteiger partial charge >= 0.3 is 0 Å². The number of anilines is 2. The van der Waals surface area contributed by atoms with Crippen molar-refractivity contribution in [2.75, 3.05) is 17.6 Å². The minimum Gasteiger partial charge on any atom is -0.487 e. The van der Waals surface area contributed by atoms with Crippen molar-refractivity contribution in [3.05, 3.63) is 95.5 Å². The second-order valence-corrected chi connectivity index (χ2v) is 12.5. The number of rotatable bonds is 11. The Morgan fingerprint density at radius 3 is 2.69 bits per heavy atom. The molecule has 1 N–H and O–H groups in total. The Hall–Kier alpha value is -3.80. The zero-order valence-electron chi connectivity index (χ0n) is 23.4. The molecule has 0 amide bonds. The Balaban J connectivity index is 1.43. The fourth-order valence-electron chi connectivity index (χ4n) is 5.11. The van der Waals surface area contributed by atoms with Gasteiger partial charge < -0.3 is 14.8 Å². The third-order valence-electron chi connectivity index (χ3n) is 7.37. The van der Waals surface area contributed by atoms with Crippen molar-refractivity contribution in [1.29, 1.82) is 0 Å². The third kappa shape index (κ3) is 5.90. The van der Waals surface area contributed by atoms with Gasteiger partial charge in [-0.05, 0) is 61.9 Å². The van der Waals surface area contributed by atoms with Crippen LogP contribution in [0, 0.1) is 5.82 Å². The molecule has 220 valence electrons. The number of sulfonamides is 1. The van der Waals surface area contributed by atoms with Gasteiger partial charge in [0.15, 0.2) is 5.60 Å². The number of ether oxygens (including phenoxy) is 2. The van der Waals surface area contributed by atoms with Crippen molar-refractivity contribution in [2.45, 2.75) is 45.4 Å². The number of nitrogens with zero attached hydrogens (tertiary/aromatic N) is 4. The maximum absolute atomic E-state index is 13.5. The van der Waals surface area contributed by atoms with E-state index in [1.165, 1.54) is 22.8 Å². The predicted octanol–water partition coefficient (Wildman–Crippen LogP) is 6.33. The van der Waals surface area contributed by atoms with Crippen LogP contribution in [0.1, 0.15) is 38.4 Å². The van der Waals surface area contributed by atoms with Crippen LogP contribution in [0.4, 0.5) is 15.9 Å². The van der Waals surface area contributed by atoms with Crippen LogP contribution in [0.25, 0.3) is 10.9 Å². The van der Waals surface area contributed by atoms with Crippen LogP contribution in [0.3, 0.4) is 0 Å². The summed E-state index contributed by atoms with van der Waals surface area (Å²) in [7, 11) is -3.49. The highest BCUT2D eigenvalue weighted by Gasteiger charge is 2.47. The molecule has 2 atom stereocenters. The molecule has 42 heavy (non-hydrogen) atoms. The Kier molecular flexibility index (Phi) is 8.63. The minimum absolute atomic E-state index is 0.0149. The summed E-state index contributed by atoms with van der Waals surface area (Å²) in [6, 6.07) is 12.7. The Bertz CT molecular complexity index is 1730. The number of likely N-dealkylation sites (N-methyl/N-ethyl adjacent to an activating group) is 1. The number of hydrogen-bond donors (Lipinski definition) is 1. The molecule has 9 nitrogen and oxygen atoms in total. The van der Waals surface area contributed by atoms with E-state index in [1.807, 2.05) is 26.0 Å². The molecule has 1 aliphatic heterocycles. The van der Waals surface area contributed by atoms with Crippen molar-refractivity contribution in [3.63, 3.8) is 0 Å². The van der Waals surface area contributed by atoms with Crippen molar-refractivity contribution in [3.8, 4) is 5.75 Å². The van der Waals surface area contributed by atoms with Gasteiger partial charge in [-0.25, -0.2) is 22.8 Å². The van der Waals surface area contributed by atoms with E-state index in [4.69, 9.17) is 21.1 Å². The topological polar surface area (TPSA) is 107 Å². The summed E-state index contributed by atoms with van der Waals surface area (Å²) >= 11 is 6.51. The number of pyridine rings is 1. The van der Waals surface area contributed by atoms with E-state index in [0.29, 0.717) is 57.4 Å². The van der Waals surface area contributed by atoms with Crippen LogP contribution in [-0.4, -0.2) is 46.0 Å². The molecule has 12 heteroatoms. The molecule has 0 bridgehead atoms. The van der Waals surface area contributed by atoms with E-state index in [0.717, 1.165) is 0 Å². The molecule has 2 aromatic carbocycles. The van der Waals surface area contributed by atoms with Crippen LogP contribution in [-0.2, 0) is 27.0 Å². The van der Waals surface area contributed by atoms with Gasteiger partial charge in [0.1, 0.15) is 30.3 Å². The highest BCUT2D eigenvalue weighted by atomic mass is 35.5. The lowest BCUT2D eigenvalue weighted by atomic mass is 9.87. The van der Waals surface area contributed by atoms with Crippen molar-refractivity contribution in [1.82, 2.24) is 19.3 Å². The lowest BCUT2D eigenvalue weighted by Crippen LogP contribution is -2.51. The summed E-state index contributed by atoms with van der Waals surface area (Å²) < 4.78 is 52.7. The fourth-order valence-corrected chi connectivity index (χ4v) is 6.72. The highest BCUT2D eigenvalue weighted by Crippen LogP contribution is 2.41. The molecule has 0 aliphatic carbocycles. The molecular weight excluding hydrogens is 581 g/mol. The fraction of sp³-hybridized carbons (Fsp3) is 0.300. The molecule has 2 aromatic heterocycles.